The number of hydrogen-bond acceptors (Lipinski definition) is 3. The second-order valence-corrected chi connectivity index (χ2v) is 7.10. The van der Waals surface area contributed by atoms with Gasteiger partial charge in [0.15, 0.2) is 0 Å². The fraction of sp³-hybridized carbons (Fsp3) is 0.120. The lowest BCUT2D eigenvalue weighted by molar-refractivity contribution is -0.141. The maximum absolute atomic E-state index is 14.3. The van der Waals surface area contributed by atoms with Crippen molar-refractivity contribution in [3.05, 3.63) is 95.6 Å². The van der Waals surface area contributed by atoms with E-state index in [2.05, 4.69) is 5.32 Å². The van der Waals surface area contributed by atoms with Crippen LogP contribution >= 0.6 is 0 Å². The zero-order valence-electron chi connectivity index (χ0n) is 17.1. The van der Waals surface area contributed by atoms with Crippen molar-refractivity contribution in [2.75, 3.05) is 5.32 Å². The molecule has 0 aliphatic rings. The smallest absolute Gasteiger partial charge is 0.331 e. The first-order valence-corrected chi connectivity index (χ1v) is 9.67. The lowest BCUT2D eigenvalue weighted by atomic mass is 10.0. The molecular formula is C25H21F2NO3. The molecule has 0 fully saturated rings. The Hall–Kier alpha value is -3.80. The Morgan fingerprint density at radius 3 is 2.42 bits per heavy atom. The summed E-state index contributed by atoms with van der Waals surface area (Å²) in [6, 6.07) is 16.6. The van der Waals surface area contributed by atoms with Crippen molar-refractivity contribution in [1.29, 1.82) is 0 Å². The lowest BCUT2D eigenvalue weighted by Crippen LogP contribution is -2.14. The van der Waals surface area contributed by atoms with Crippen molar-refractivity contribution >= 4 is 23.6 Å². The maximum Gasteiger partial charge on any atom is 0.331 e. The molecule has 0 unspecified atom stereocenters. The Morgan fingerprint density at radius 1 is 0.935 bits per heavy atom. The monoisotopic (exact) mass is 421 g/mol. The highest BCUT2D eigenvalue weighted by molar-refractivity contribution is 6.05. The van der Waals surface area contributed by atoms with Crippen LogP contribution in [-0.4, -0.2) is 18.0 Å². The van der Waals surface area contributed by atoms with Crippen LogP contribution in [0.1, 0.15) is 29.8 Å². The van der Waals surface area contributed by atoms with E-state index >= 15 is 0 Å². The molecule has 1 amide bonds. The summed E-state index contributed by atoms with van der Waals surface area (Å²) in [6.07, 6.45) is 2.63. The molecule has 31 heavy (non-hydrogen) atoms. The normalized spacial score (nSPS) is 11.0. The van der Waals surface area contributed by atoms with Gasteiger partial charge in [-0.05, 0) is 73.0 Å². The van der Waals surface area contributed by atoms with Crippen LogP contribution in [0.4, 0.5) is 14.5 Å². The third-order valence-corrected chi connectivity index (χ3v) is 4.28. The minimum atomic E-state index is -0.690. The van der Waals surface area contributed by atoms with Gasteiger partial charge in [-0.1, -0.05) is 30.3 Å². The topological polar surface area (TPSA) is 55.4 Å². The van der Waals surface area contributed by atoms with E-state index in [-0.39, 0.29) is 11.7 Å². The standard InChI is InChI=1S/C25H21F2NO3/c1-16(2)31-24(29)12-9-17-5-3-8-21(13-17)28-25(30)22-15-19(10-11-23(22)27)18-6-4-7-20(26)14-18/h3-16H,1-2H3,(H,28,30). The van der Waals surface area contributed by atoms with Gasteiger partial charge in [0.25, 0.3) is 5.91 Å². The van der Waals surface area contributed by atoms with Crippen LogP contribution in [0, 0.1) is 11.6 Å². The minimum Gasteiger partial charge on any atom is -0.460 e. The van der Waals surface area contributed by atoms with Crippen LogP contribution < -0.4 is 5.32 Å². The number of anilines is 1. The van der Waals surface area contributed by atoms with Crippen LogP contribution in [0.25, 0.3) is 17.2 Å². The van der Waals surface area contributed by atoms with Crippen LogP contribution in [0.2, 0.25) is 0 Å². The molecule has 0 aliphatic carbocycles. The number of amides is 1. The molecule has 0 aromatic heterocycles. The van der Waals surface area contributed by atoms with Crippen LogP contribution in [-0.2, 0) is 9.53 Å². The minimum absolute atomic E-state index is 0.164. The Balaban J connectivity index is 1.78. The molecule has 3 aromatic carbocycles. The van der Waals surface area contributed by atoms with Crippen LogP contribution in [0.15, 0.2) is 72.8 Å². The second kappa shape index (κ2) is 9.80. The fourth-order valence-corrected chi connectivity index (χ4v) is 2.90. The Bertz CT molecular complexity index is 1140. The van der Waals surface area contributed by atoms with Crippen LogP contribution in [0.5, 0.6) is 0 Å². The molecule has 0 spiro atoms. The van der Waals surface area contributed by atoms with E-state index in [9.17, 15) is 18.4 Å². The summed E-state index contributed by atoms with van der Waals surface area (Å²) in [4.78, 5) is 24.3. The molecule has 0 radical (unpaired) electrons. The molecule has 0 heterocycles. The molecule has 0 atom stereocenters. The van der Waals surface area contributed by atoms with Gasteiger partial charge < -0.3 is 10.1 Å². The number of carbonyl (C=O) groups is 2. The first-order valence-electron chi connectivity index (χ1n) is 9.67. The van der Waals surface area contributed by atoms with E-state index in [0.717, 1.165) is 0 Å². The Labute approximate surface area is 179 Å². The highest BCUT2D eigenvalue weighted by Gasteiger charge is 2.14. The predicted octanol–water partition coefficient (Wildman–Crippen LogP) is 5.85. The van der Waals surface area contributed by atoms with Gasteiger partial charge in [-0.25, -0.2) is 13.6 Å². The van der Waals surface area contributed by atoms with Crippen LogP contribution in [0.3, 0.4) is 0 Å². The molecule has 0 aliphatic heterocycles. The third-order valence-electron chi connectivity index (χ3n) is 4.28. The van der Waals surface area contributed by atoms with Gasteiger partial charge in [0.2, 0.25) is 0 Å². The molecule has 1 N–H and O–H groups in total. The molecule has 0 bridgehead atoms. The van der Waals surface area contributed by atoms with Crippen molar-refractivity contribution in [3.63, 3.8) is 0 Å². The van der Waals surface area contributed by atoms with E-state index in [0.29, 0.717) is 22.4 Å². The van der Waals surface area contributed by atoms with E-state index in [1.54, 1.807) is 56.3 Å². The number of carbonyl (C=O) groups excluding carboxylic acids is 2. The molecule has 4 nitrogen and oxygen atoms in total. The summed E-state index contributed by atoms with van der Waals surface area (Å²) >= 11 is 0. The largest absolute Gasteiger partial charge is 0.460 e. The van der Waals surface area contributed by atoms with Gasteiger partial charge in [0.05, 0.1) is 11.7 Å². The Kier molecular flexibility index (Phi) is 6.92. The molecule has 6 heteroatoms. The average molecular weight is 421 g/mol. The predicted molar refractivity (Wildman–Crippen MR) is 116 cm³/mol. The molecule has 3 aromatic rings. The Morgan fingerprint density at radius 2 is 1.68 bits per heavy atom. The van der Waals surface area contributed by atoms with Crippen molar-refractivity contribution < 1.29 is 23.1 Å². The van der Waals surface area contributed by atoms with Crippen molar-refractivity contribution in [3.8, 4) is 11.1 Å². The molecular weight excluding hydrogens is 400 g/mol. The van der Waals surface area contributed by atoms with Gasteiger partial charge in [-0.3, -0.25) is 4.79 Å². The van der Waals surface area contributed by atoms with Crippen molar-refractivity contribution in [2.45, 2.75) is 20.0 Å². The maximum atomic E-state index is 14.3. The number of rotatable bonds is 6. The van der Waals surface area contributed by atoms with E-state index < -0.39 is 23.5 Å². The molecule has 158 valence electrons. The second-order valence-electron chi connectivity index (χ2n) is 7.10. The van der Waals surface area contributed by atoms with E-state index in [1.807, 2.05) is 0 Å². The third kappa shape index (κ3) is 6.09. The number of halogens is 2. The van der Waals surface area contributed by atoms with Gasteiger partial charge in [0, 0.05) is 11.8 Å². The first-order chi connectivity index (χ1) is 14.8. The highest BCUT2D eigenvalue weighted by Crippen LogP contribution is 2.24. The van der Waals surface area contributed by atoms with E-state index in [1.165, 1.54) is 36.4 Å². The van der Waals surface area contributed by atoms with Gasteiger partial charge in [-0.2, -0.15) is 0 Å². The summed E-state index contributed by atoms with van der Waals surface area (Å²) < 4.78 is 32.8. The summed E-state index contributed by atoms with van der Waals surface area (Å²) in [6.45, 7) is 3.51. The summed E-state index contributed by atoms with van der Waals surface area (Å²) in [5.41, 5.74) is 1.98. The molecule has 0 saturated heterocycles. The summed E-state index contributed by atoms with van der Waals surface area (Å²) in [5, 5.41) is 2.65. The molecule has 3 rings (SSSR count). The molecule has 0 saturated carbocycles. The van der Waals surface area contributed by atoms with Gasteiger partial charge in [0.1, 0.15) is 11.6 Å². The van der Waals surface area contributed by atoms with Crippen molar-refractivity contribution in [2.24, 2.45) is 0 Å². The number of benzene rings is 3. The highest BCUT2D eigenvalue weighted by atomic mass is 19.1. The van der Waals surface area contributed by atoms with E-state index in [4.69, 9.17) is 4.74 Å². The number of ether oxygens (including phenoxy) is 1. The summed E-state index contributed by atoms with van der Waals surface area (Å²) in [7, 11) is 0. The van der Waals surface area contributed by atoms with Crippen molar-refractivity contribution in [1.82, 2.24) is 0 Å². The number of hydrogen-bond donors (Lipinski definition) is 1. The SMILES string of the molecule is CC(C)OC(=O)C=Cc1cccc(NC(=O)c2cc(-c3cccc(F)c3)ccc2F)c1. The number of esters is 1. The lowest BCUT2D eigenvalue weighted by Gasteiger charge is -2.09. The number of nitrogens with one attached hydrogen (secondary N) is 1. The quantitative estimate of drug-likeness (QED) is 0.401. The average Bonchev–Trinajstić information content (AvgIpc) is 2.72. The zero-order chi connectivity index (χ0) is 22.4. The zero-order valence-corrected chi connectivity index (χ0v) is 17.1. The first kappa shape index (κ1) is 21.9. The van der Waals surface area contributed by atoms with Gasteiger partial charge >= 0.3 is 5.97 Å². The van der Waals surface area contributed by atoms with Gasteiger partial charge in [-0.15, -0.1) is 0 Å². The fourth-order valence-electron chi connectivity index (χ4n) is 2.90. The summed E-state index contributed by atoms with van der Waals surface area (Å²) in [5.74, 6) is -2.23.